The monoisotopic (exact) mass is 620 g/mol. The Kier molecular flexibility index (Phi) is 10.7. The van der Waals surface area contributed by atoms with Crippen molar-refractivity contribution in [1.82, 2.24) is 10.2 Å². The highest BCUT2D eigenvalue weighted by molar-refractivity contribution is 7.92. The van der Waals surface area contributed by atoms with Gasteiger partial charge in [-0.15, -0.1) is 0 Å². The molecule has 41 heavy (non-hydrogen) atoms. The number of benzene rings is 3. The normalized spacial score (nSPS) is 12.0. The van der Waals surface area contributed by atoms with Gasteiger partial charge in [0.05, 0.1) is 15.5 Å². The van der Waals surface area contributed by atoms with Crippen LogP contribution in [-0.4, -0.2) is 49.2 Å². The number of anilines is 1. The lowest BCUT2D eigenvalue weighted by Crippen LogP contribution is -2.51. The number of nitrogens with one attached hydrogen (secondary N) is 1. The zero-order valence-electron chi connectivity index (χ0n) is 22.7. The molecular weight excluding hydrogens is 591 g/mol. The smallest absolute Gasteiger partial charge is 0.269 e. The molecule has 3 aromatic rings. The molecule has 3 aromatic carbocycles. The van der Waals surface area contributed by atoms with Crippen LogP contribution < -0.4 is 9.62 Å². The lowest BCUT2D eigenvalue weighted by Gasteiger charge is -2.32. The number of hydrogen-bond acceptors (Lipinski definition) is 6. The maximum atomic E-state index is 13.9. The van der Waals surface area contributed by atoms with Crippen LogP contribution in [0.25, 0.3) is 0 Å². The van der Waals surface area contributed by atoms with Gasteiger partial charge in [0.25, 0.3) is 15.7 Å². The summed E-state index contributed by atoms with van der Waals surface area (Å²) in [6.45, 7) is 4.98. The molecule has 1 atom stereocenters. The largest absolute Gasteiger partial charge is 0.354 e. The van der Waals surface area contributed by atoms with Crippen LogP contribution >= 0.6 is 23.2 Å². The maximum absolute atomic E-state index is 13.9. The van der Waals surface area contributed by atoms with Crippen molar-refractivity contribution in [2.24, 2.45) is 5.92 Å². The lowest BCUT2D eigenvalue weighted by molar-refractivity contribution is -0.384. The van der Waals surface area contributed by atoms with E-state index in [1.165, 1.54) is 35.2 Å². The summed E-state index contributed by atoms with van der Waals surface area (Å²) in [5, 5.41) is 14.6. The number of halogens is 2. The van der Waals surface area contributed by atoms with Gasteiger partial charge in [0.1, 0.15) is 12.6 Å². The number of non-ortho nitro benzene ring substituents is 1. The van der Waals surface area contributed by atoms with Crippen LogP contribution in [0.15, 0.2) is 77.7 Å². The molecule has 13 heteroatoms. The minimum absolute atomic E-state index is 0.0363. The molecule has 218 valence electrons. The van der Waals surface area contributed by atoms with Gasteiger partial charge in [-0.05, 0) is 54.8 Å². The molecule has 0 saturated carbocycles. The van der Waals surface area contributed by atoms with E-state index in [1.54, 1.807) is 37.3 Å². The fourth-order valence-corrected chi connectivity index (χ4v) is 5.76. The van der Waals surface area contributed by atoms with E-state index in [-0.39, 0.29) is 33.8 Å². The Morgan fingerprint density at radius 3 is 2.17 bits per heavy atom. The molecule has 1 N–H and O–H groups in total. The third-order valence-corrected chi connectivity index (χ3v) is 8.54. The van der Waals surface area contributed by atoms with E-state index in [0.717, 1.165) is 16.4 Å². The molecule has 0 saturated heterocycles. The molecule has 0 heterocycles. The van der Waals surface area contributed by atoms with Gasteiger partial charge in [0.15, 0.2) is 0 Å². The van der Waals surface area contributed by atoms with Crippen molar-refractivity contribution in [3.63, 3.8) is 0 Å². The van der Waals surface area contributed by atoms with Crippen molar-refractivity contribution in [1.29, 1.82) is 0 Å². The van der Waals surface area contributed by atoms with E-state index in [0.29, 0.717) is 17.1 Å². The summed E-state index contributed by atoms with van der Waals surface area (Å²) in [7, 11) is -4.30. The molecule has 0 aliphatic heterocycles. The lowest BCUT2D eigenvalue weighted by atomic mass is 10.1. The minimum atomic E-state index is -4.30. The van der Waals surface area contributed by atoms with Crippen molar-refractivity contribution in [3.05, 3.63) is 98.5 Å². The zero-order valence-corrected chi connectivity index (χ0v) is 25.0. The number of hydrogen-bond donors (Lipinski definition) is 1. The van der Waals surface area contributed by atoms with E-state index in [9.17, 15) is 28.1 Å². The molecule has 0 aliphatic rings. The van der Waals surface area contributed by atoms with Crippen LogP contribution in [0.5, 0.6) is 0 Å². The summed E-state index contributed by atoms with van der Waals surface area (Å²) in [6, 6.07) is 16.0. The molecule has 0 spiro atoms. The van der Waals surface area contributed by atoms with Crippen LogP contribution in [0.3, 0.4) is 0 Å². The van der Waals surface area contributed by atoms with E-state index < -0.39 is 39.3 Å². The fraction of sp³-hybridized carbons (Fsp3) is 0.286. The quantitative estimate of drug-likeness (QED) is 0.216. The molecule has 10 nitrogen and oxygen atoms in total. The van der Waals surface area contributed by atoms with Crippen molar-refractivity contribution in [3.8, 4) is 0 Å². The molecule has 0 bridgehead atoms. The van der Waals surface area contributed by atoms with Gasteiger partial charge in [-0.1, -0.05) is 61.3 Å². The van der Waals surface area contributed by atoms with E-state index in [1.807, 2.05) is 13.8 Å². The summed E-state index contributed by atoms with van der Waals surface area (Å²) < 4.78 is 28.4. The predicted octanol–water partition coefficient (Wildman–Crippen LogP) is 5.29. The Balaban J connectivity index is 2.04. The first-order chi connectivity index (χ1) is 19.3. The summed E-state index contributed by atoms with van der Waals surface area (Å²) in [6.07, 6.45) is 0. The molecule has 0 aliphatic carbocycles. The molecule has 0 aromatic heterocycles. The summed E-state index contributed by atoms with van der Waals surface area (Å²) in [5.74, 6) is -0.958. The molecule has 0 fully saturated rings. The van der Waals surface area contributed by atoms with Gasteiger partial charge in [0, 0.05) is 35.3 Å². The number of carbonyl (C=O) groups excluding carboxylic acids is 2. The first-order valence-electron chi connectivity index (χ1n) is 12.6. The summed E-state index contributed by atoms with van der Waals surface area (Å²) in [4.78, 5) is 38.7. The zero-order chi connectivity index (χ0) is 30.3. The Morgan fingerprint density at radius 1 is 0.976 bits per heavy atom. The second kappa shape index (κ2) is 13.8. The maximum Gasteiger partial charge on any atom is 0.269 e. The van der Waals surface area contributed by atoms with Crippen LogP contribution in [-0.2, 0) is 26.2 Å². The SMILES string of the molecule is CC(C)CNC(=O)C(C)N(Cc1ccc(Cl)cc1Cl)C(=O)CN(c1ccc([N+](=O)[O-])cc1)S(=O)(=O)c1ccccc1. The van der Waals surface area contributed by atoms with Gasteiger partial charge in [-0.25, -0.2) is 8.42 Å². The van der Waals surface area contributed by atoms with Gasteiger partial charge in [-0.3, -0.25) is 24.0 Å². The summed E-state index contributed by atoms with van der Waals surface area (Å²) in [5.41, 5.74) is 0.293. The number of rotatable bonds is 12. The average molecular weight is 622 g/mol. The van der Waals surface area contributed by atoms with Gasteiger partial charge < -0.3 is 10.2 Å². The number of nitro benzene ring substituents is 1. The average Bonchev–Trinajstić information content (AvgIpc) is 2.94. The van der Waals surface area contributed by atoms with Crippen molar-refractivity contribution >= 4 is 56.4 Å². The highest BCUT2D eigenvalue weighted by Crippen LogP contribution is 2.27. The van der Waals surface area contributed by atoms with Crippen LogP contribution in [0, 0.1) is 16.0 Å². The van der Waals surface area contributed by atoms with Crippen LogP contribution in [0.1, 0.15) is 26.3 Å². The minimum Gasteiger partial charge on any atom is -0.354 e. The van der Waals surface area contributed by atoms with Crippen molar-refractivity contribution in [2.45, 2.75) is 38.3 Å². The third-order valence-electron chi connectivity index (χ3n) is 6.17. The number of nitro groups is 1. The standard InChI is InChI=1S/C28H30Cl2N4O6S/c1-19(2)16-31-28(36)20(3)32(17-21-9-10-22(29)15-26(21)30)27(35)18-33(23-11-13-24(14-12-23)34(37)38)41(39,40)25-7-5-4-6-8-25/h4-15,19-20H,16-18H2,1-3H3,(H,31,36). The fourth-order valence-electron chi connectivity index (χ4n) is 3.86. The highest BCUT2D eigenvalue weighted by atomic mass is 35.5. The van der Waals surface area contributed by atoms with Gasteiger partial charge in [-0.2, -0.15) is 0 Å². The molecule has 2 amide bonds. The number of amides is 2. The molecular formula is C28H30Cl2N4O6S. The van der Waals surface area contributed by atoms with Crippen molar-refractivity contribution in [2.75, 3.05) is 17.4 Å². The van der Waals surface area contributed by atoms with Crippen molar-refractivity contribution < 1.29 is 22.9 Å². The Labute approximate surface area is 249 Å². The molecule has 0 radical (unpaired) electrons. The Morgan fingerprint density at radius 2 is 1.61 bits per heavy atom. The topological polar surface area (TPSA) is 130 Å². The predicted molar refractivity (Wildman–Crippen MR) is 158 cm³/mol. The first kappa shape index (κ1) is 31.9. The summed E-state index contributed by atoms with van der Waals surface area (Å²) >= 11 is 12.4. The van der Waals surface area contributed by atoms with E-state index in [4.69, 9.17) is 23.2 Å². The first-order valence-corrected chi connectivity index (χ1v) is 14.8. The van der Waals surface area contributed by atoms with E-state index in [2.05, 4.69) is 5.32 Å². The Bertz CT molecular complexity index is 1500. The second-order valence-corrected chi connectivity index (χ2v) is 12.4. The van der Waals surface area contributed by atoms with E-state index >= 15 is 0 Å². The Hall–Kier alpha value is -3.67. The number of carbonyl (C=O) groups is 2. The van der Waals surface area contributed by atoms with Gasteiger partial charge in [0.2, 0.25) is 11.8 Å². The third kappa shape index (κ3) is 8.18. The number of sulfonamides is 1. The molecule has 3 rings (SSSR count). The van der Waals surface area contributed by atoms with Crippen LogP contribution in [0.2, 0.25) is 10.0 Å². The molecule has 1 unspecified atom stereocenters. The van der Waals surface area contributed by atoms with Gasteiger partial charge >= 0.3 is 0 Å². The van der Waals surface area contributed by atoms with Crippen LogP contribution in [0.4, 0.5) is 11.4 Å². The second-order valence-electron chi connectivity index (χ2n) is 9.67. The number of nitrogens with zero attached hydrogens (tertiary/aromatic N) is 3. The highest BCUT2D eigenvalue weighted by Gasteiger charge is 2.33.